The van der Waals surface area contributed by atoms with Crippen LogP contribution in [0.4, 0.5) is 5.69 Å². The van der Waals surface area contributed by atoms with E-state index in [0.29, 0.717) is 23.6 Å². The molecule has 4 rings (SSSR count). The van der Waals surface area contributed by atoms with Gasteiger partial charge in [0.1, 0.15) is 11.5 Å². The van der Waals surface area contributed by atoms with Crippen LogP contribution in [0, 0.1) is 6.92 Å². The number of aliphatic hydroxyl groups excluding tert-OH is 1. The maximum atomic E-state index is 13.5. The first-order valence-corrected chi connectivity index (χ1v) is 13.4. The number of hydrogen-bond donors (Lipinski definition) is 1. The van der Waals surface area contributed by atoms with Crippen LogP contribution >= 0.6 is 11.6 Å². The number of Topliss-reactive ketones (excluding diaryl/α,β-unsaturated/α-hetero) is 1. The Labute approximate surface area is 235 Å². The molecule has 0 radical (unpaired) electrons. The van der Waals surface area contributed by atoms with Crippen molar-refractivity contribution in [2.24, 2.45) is 0 Å². The number of anilines is 1. The molecule has 1 N–H and O–H groups in total. The summed E-state index contributed by atoms with van der Waals surface area (Å²) in [5, 5.41) is 12.3. The summed E-state index contributed by atoms with van der Waals surface area (Å²) in [7, 11) is 5.52. The number of amides is 1. The molecule has 39 heavy (non-hydrogen) atoms. The number of rotatable bonds is 8. The Morgan fingerprint density at radius 2 is 1.69 bits per heavy atom. The van der Waals surface area contributed by atoms with Crippen LogP contribution in [0.1, 0.15) is 53.6 Å². The summed E-state index contributed by atoms with van der Waals surface area (Å²) in [4.78, 5) is 30.5. The number of hydrogen-bond acceptors (Lipinski definition) is 5. The number of carbonyl (C=O) groups excluding carboxylic acids is 2. The number of ether oxygens (including phenoxy) is 1. The lowest BCUT2D eigenvalue weighted by Crippen LogP contribution is -2.31. The molecule has 0 saturated carbocycles. The molecule has 1 aliphatic rings. The molecule has 1 aliphatic heterocycles. The summed E-state index contributed by atoms with van der Waals surface area (Å²) < 4.78 is 5.57. The van der Waals surface area contributed by atoms with Crippen molar-refractivity contribution in [3.8, 4) is 5.75 Å². The molecule has 3 aromatic rings. The van der Waals surface area contributed by atoms with Crippen molar-refractivity contribution >= 4 is 34.7 Å². The van der Waals surface area contributed by atoms with Crippen LogP contribution in [-0.2, 0) is 16.0 Å². The maximum absolute atomic E-state index is 13.5. The predicted octanol–water partition coefficient (Wildman–Crippen LogP) is 6.51. The number of likely N-dealkylation sites (tertiary alicyclic amines) is 1. The molecule has 1 saturated heterocycles. The molecule has 3 aromatic carbocycles. The minimum atomic E-state index is -0.725. The second-order valence-electron chi connectivity index (χ2n) is 10.4. The van der Waals surface area contributed by atoms with Gasteiger partial charge in [-0.1, -0.05) is 49.7 Å². The number of benzene rings is 3. The number of ketones is 1. The van der Waals surface area contributed by atoms with Crippen molar-refractivity contribution < 1.29 is 19.4 Å². The molecule has 1 fully saturated rings. The average Bonchev–Trinajstić information content (AvgIpc) is 3.17. The van der Waals surface area contributed by atoms with E-state index in [1.165, 1.54) is 0 Å². The van der Waals surface area contributed by atoms with E-state index in [1.807, 2.05) is 88.3 Å². The quantitative estimate of drug-likeness (QED) is 0.198. The van der Waals surface area contributed by atoms with E-state index in [9.17, 15) is 14.7 Å². The highest BCUT2D eigenvalue weighted by atomic mass is 35.5. The predicted molar refractivity (Wildman–Crippen MR) is 157 cm³/mol. The average molecular weight is 547 g/mol. The Balaban J connectivity index is 1.84. The van der Waals surface area contributed by atoms with E-state index >= 15 is 0 Å². The largest absolute Gasteiger partial charge is 0.507 e. The first-order chi connectivity index (χ1) is 18.5. The molecular formula is C32H35ClN2O4. The smallest absolute Gasteiger partial charge is 0.295 e. The zero-order chi connectivity index (χ0) is 28.4. The van der Waals surface area contributed by atoms with E-state index in [4.69, 9.17) is 16.3 Å². The zero-order valence-electron chi connectivity index (χ0n) is 23.3. The lowest BCUT2D eigenvalue weighted by atomic mass is 9.91. The number of carbonyl (C=O) groups is 2. The first-order valence-electron chi connectivity index (χ1n) is 13.0. The van der Waals surface area contributed by atoms with Gasteiger partial charge in [-0.05, 0) is 77.9 Å². The second kappa shape index (κ2) is 11.5. The van der Waals surface area contributed by atoms with E-state index < -0.39 is 17.7 Å². The Morgan fingerprint density at radius 3 is 2.26 bits per heavy atom. The normalized spacial score (nSPS) is 16.7. The summed E-state index contributed by atoms with van der Waals surface area (Å²) >= 11 is 6.04. The number of nitrogens with zero attached hydrogens (tertiary/aromatic N) is 2. The molecule has 7 heteroatoms. The van der Waals surface area contributed by atoms with Crippen LogP contribution in [-0.4, -0.2) is 49.4 Å². The molecule has 1 amide bonds. The fourth-order valence-electron chi connectivity index (χ4n) is 5.04. The molecule has 1 atom stereocenters. The molecule has 6 nitrogen and oxygen atoms in total. The van der Waals surface area contributed by atoms with Gasteiger partial charge >= 0.3 is 0 Å². The van der Waals surface area contributed by atoms with E-state index in [-0.39, 0.29) is 17.3 Å². The van der Waals surface area contributed by atoms with Gasteiger partial charge in [0.2, 0.25) is 0 Å². The highest BCUT2D eigenvalue weighted by Crippen LogP contribution is 2.41. The van der Waals surface area contributed by atoms with Crippen LogP contribution in [0.15, 0.2) is 66.2 Å². The second-order valence-corrected chi connectivity index (χ2v) is 10.9. The fourth-order valence-corrected chi connectivity index (χ4v) is 5.16. The van der Waals surface area contributed by atoms with Gasteiger partial charge < -0.3 is 19.6 Å². The van der Waals surface area contributed by atoms with Crippen molar-refractivity contribution in [2.75, 3.05) is 32.6 Å². The highest BCUT2D eigenvalue weighted by molar-refractivity contribution is 6.46. The Bertz CT molecular complexity index is 1410. The number of aliphatic hydroxyl groups is 1. The lowest BCUT2D eigenvalue weighted by molar-refractivity contribution is -0.139. The third-order valence-electron chi connectivity index (χ3n) is 7.27. The van der Waals surface area contributed by atoms with Gasteiger partial charge in [0.05, 0.1) is 18.7 Å². The number of halogens is 1. The summed E-state index contributed by atoms with van der Waals surface area (Å²) in [6.07, 6.45) is 0.537. The molecule has 0 aliphatic carbocycles. The summed E-state index contributed by atoms with van der Waals surface area (Å²) in [6.45, 7) is 6.25. The third-order valence-corrected chi connectivity index (χ3v) is 7.53. The van der Waals surface area contributed by atoms with Crippen LogP contribution in [0.2, 0.25) is 5.02 Å². The molecule has 0 bridgehead atoms. The van der Waals surface area contributed by atoms with Gasteiger partial charge in [0, 0.05) is 36.9 Å². The Kier molecular flexibility index (Phi) is 8.36. The molecule has 1 unspecified atom stereocenters. The van der Waals surface area contributed by atoms with Crippen molar-refractivity contribution in [2.45, 2.75) is 39.2 Å². The van der Waals surface area contributed by atoms with Gasteiger partial charge in [-0.25, -0.2) is 0 Å². The summed E-state index contributed by atoms with van der Waals surface area (Å²) in [5.41, 5.74) is 5.02. The topological polar surface area (TPSA) is 70.1 Å². The van der Waals surface area contributed by atoms with Crippen LogP contribution in [0.25, 0.3) is 5.76 Å². The van der Waals surface area contributed by atoms with E-state index in [2.05, 4.69) is 0 Å². The zero-order valence-corrected chi connectivity index (χ0v) is 24.0. The first kappa shape index (κ1) is 28.2. The highest BCUT2D eigenvalue weighted by Gasteiger charge is 2.46. The van der Waals surface area contributed by atoms with Crippen molar-refractivity contribution in [3.63, 3.8) is 0 Å². The van der Waals surface area contributed by atoms with E-state index in [1.54, 1.807) is 24.1 Å². The van der Waals surface area contributed by atoms with E-state index in [0.717, 1.165) is 33.7 Å². The fraction of sp³-hybridized carbons (Fsp3) is 0.312. The van der Waals surface area contributed by atoms with Crippen molar-refractivity contribution in [3.05, 3.63) is 99.1 Å². The summed E-state index contributed by atoms with van der Waals surface area (Å²) in [5.74, 6) is -0.637. The minimum absolute atomic E-state index is 0.0942. The Hall–Kier alpha value is -3.77. The van der Waals surface area contributed by atoms with Crippen LogP contribution in [0.3, 0.4) is 0 Å². The molecular weight excluding hydrogens is 512 g/mol. The van der Waals surface area contributed by atoms with Gasteiger partial charge in [-0.15, -0.1) is 0 Å². The maximum Gasteiger partial charge on any atom is 0.295 e. The van der Waals surface area contributed by atoms with Gasteiger partial charge in [0.15, 0.2) is 0 Å². The van der Waals surface area contributed by atoms with Crippen molar-refractivity contribution in [1.82, 2.24) is 4.90 Å². The molecule has 204 valence electrons. The summed E-state index contributed by atoms with van der Waals surface area (Å²) in [6, 6.07) is 18.2. The number of aryl methyl sites for hydroxylation is 1. The minimum Gasteiger partial charge on any atom is -0.507 e. The van der Waals surface area contributed by atoms with Gasteiger partial charge in [-0.2, -0.15) is 0 Å². The molecule has 0 aromatic heterocycles. The third kappa shape index (κ3) is 5.66. The standard InChI is InChI=1S/C32H35ClN2O4/c1-19(2)25-18-26(20(3)17-27(25)39-6)30(36)28-29(22-9-13-24(14-10-22)34(4)5)35(32(38)31(28)37)16-15-21-7-11-23(33)12-8-21/h7-14,17-19,29,36H,15-16H2,1-6H3/b30-28+. The van der Waals surface area contributed by atoms with Crippen LogP contribution < -0.4 is 9.64 Å². The van der Waals surface area contributed by atoms with Gasteiger partial charge in [0.25, 0.3) is 11.7 Å². The van der Waals surface area contributed by atoms with Gasteiger partial charge in [-0.3, -0.25) is 9.59 Å². The Morgan fingerprint density at radius 1 is 1.05 bits per heavy atom. The molecule has 0 spiro atoms. The molecule has 1 heterocycles. The number of methoxy groups -OCH3 is 1. The lowest BCUT2D eigenvalue weighted by Gasteiger charge is -2.26. The van der Waals surface area contributed by atoms with Crippen molar-refractivity contribution in [1.29, 1.82) is 0 Å². The monoisotopic (exact) mass is 546 g/mol. The van der Waals surface area contributed by atoms with Crippen LogP contribution in [0.5, 0.6) is 5.75 Å². The SMILES string of the molecule is COc1cc(C)c(/C(O)=C2\C(=O)C(=O)N(CCc3ccc(Cl)cc3)C2c2ccc(N(C)C)cc2)cc1C(C)C.